The lowest BCUT2D eigenvalue weighted by Gasteiger charge is -2.00. The Kier molecular flexibility index (Phi) is 3.16. The molecule has 0 radical (unpaired) electrons. The highest BCUT2D eigenvalue weighted by molar-refractivity contribution is 6.15. The van der Waals surface area contributed by atoms with Gasteiger partial charge in [0.15, 0.2) is 0 Å². The SMILES string of the molecule is C=C(C(=O)OCC)c1cc2cc(C#N)ccc2o1. The average Bonchev–Trinajstić information content (AvgIpc) is 2.80. The molecule has 0 aliphatic rings. The van der Waals surface area contributed by atoms with Crippen LogP contribution in [-0.2, 0) is 9.53 Å². The zero-order valence-corrected chi connectivity index (χ0v) is 9.90. The number of ether oxygens (including phenoxy) is 1. The Hall–Kier alpha value is -2.54. The maximum Gasteiger partial charge on any atom is 0.341 e. The normalized spacial score (nSPS) is 10.0. The van der Waals surface area contributed by atoms with Crippen molar-refractivity contribution in [2.75, 3.05) is 6.61 Å². The molecular weight excluding hydrogens is 230 g/mol. The van der Waals surface area contributed by atoms with Gasteiger partial charge in [-0.25, -0.2) is 4.79 Å². The van der Waals surface area contributed by atoms with Crippen molar-refractivity contribution in [2.24, 2.45) is 0 Å². The predicted octanol–water partition coefficient (Wildman–Crippen LogP) is 2.88. The highest BCUT2D eigenvalue weighted by Crippen LogP contribution is 2.25. The maximum absolute atomic E-state index is 11.5. The number of hydrogen-bond acceptors (Lipinski definition) is 4. The molecule has 18 heavy (non-hydrogen) atoms. The molecular formula is C14H11NO3. The van der Waals surface area contributed by atoms with Gasteiger partial charge in [0.05, 0.1) is 23.8 Å². The monoisotopic (exact) mass is 241 g/mol. The van der Waals surface area contributed by atoms with Gasteiger partial charge in [-0.15, -0.1) is 0 Å². The van der Waals surface area contributed by atoms with Crippen LogP contribution in [0.15, 0.2) is 35.3 Å². The minimum absolute atomic E-state index is 0.173. The van der Waals surface area contributed by atoms with Crippen molar-refractivity contribution in [3.05, 3.63) is 42.2 Å². The van der Waals surface area contributed by atoms with E-state index in [2.05, 4.69) is 6.58 Å². The van der Waals surface area contributed by atoms with Gasteiger partial charge in [0, 0.05) is 5.39 Å². The smallest absolute Gasteiger partial charge is 0.341 e. The Balaban J connectivity index is 2.39. The molecule has 1 heterocycles. The molecule has 0 N–H and O–H groups in total. The number of carbonyl (C=O) groups is 1. The average molecular weight is 241 g/mol. The molecule has 2 rings (SSSR count). The number of nitrogens with zero attached hydrogens (tertiary/aromatic N) is 1. The Morgan fingerprint density at radius 3 is 2.94 bits per heavy atom. The lowest BCUT2D eigenvalue weighted by atomic mass is 10.1. The summed E-state index contributed by atoms with van der Waals surface area (Å²) in [5.74, 6) is -0.143. The Morgan fingerprint density at radius 1 is 1.50 bits per heavy atom. The van der Waals surface area contributed by atoms with Crippen LogP contribution in [0.3, 0.4) is 0 Å². The molecule has 90 valence electrons. The van der Waals surface area contributed by atoms with E-state index in [1.54, 1.807) is 31.2 Å². The van der Waals surface area contributed by atoms with E-state index < -0.39 is 5.97 Å². The van der Waals surface area contributed by atoms with Crippen LogP contribution in [-0.4, -0.2) is 12.6 Å². The van der Waals surface area contributed by atoms with Gasteiger partial charge in [0.25, 0.3) is 0 Å². The van der Waals surface area contributed by atoms with Gasteiger partial charge in [-0.2, -0.15) is 5.26 Å². The van der Waals surface area contributed by atoms with Gasteiger partial charge < -0.3 is 9.15 Å². The summed E-state index contributed by atoms with van der Waals surface area (Å²) in [7, 11) is 0. The number of carbonyl (C=O) groups excluding carboxylic acids is 1. The number of furan rings is 1. The van der Waals surface area contributed by atoms with Gasteiger partial charge in [-0.3, -0.25) is 0 Å². The fraction of sp³-hybridized carbons (Fsp3) is 0.143. The number of fused-ring (bicyclic) bond motifs is 1. The van der Waals surface area contributed by atoms with Crippen LogP contribution in [0.1, 0.15) is 18.2 Å². The van der Waals surface area contributed by atoms with Crippen molar-refractivity contribution < 1.29 is 13.9 Å². The molecule has 2 aromatic rings. The van der Waals surface area contributed by atoms with Crippen LogP contribution in [0.2, 0.25) is 0 Å². The fourth-order valence-electron chi connectivity index (χ4n) is 1.58. The first-order valence-electron chi connectivity index (χ1n) is 5.45. The van der Waals surface area contributed by atoms with Crippen molar-refractivity contribution in [1.82, 2.24) is 0 Å². The van der Waals surface area contributed by atoms with Gasteiger partial charge in [0.1, 0.15) is 11.3 Å². The van der Waals surface area contributed by atoms with Crippen LogP contribution in [0, 0.1) is 11.3 Å². The molecule has 0 saturated heterocycles. The second-order valence-corrected chi connectivity index (χ2v) is 3.67. The lowest BCUT2D eigenvalue weighted by molar-refractivity contribution is -0.136. The van der Waals surface area contributed by atoms with Crippen molar-refractivity contribution in [3.8, 4) is 6.07 Å². The van der Waals surface area contributed by atoms with E-state index in [1.807, 2.05) is 6.07 Å². The van der Waals surface area contributed by atoms with Gasteiger partial charge in [0.2, 0.25) is 0 Å². The summed E-state index contributed by atoms with van der Waals surface area (Å²) < 4.78 is 10.3. The summed E-state index contributed by atoms with van der Waals surface area (Å²) in [6.45, 7) is 5.66. The summed E-state index contributed by atoms with van der Waals surface area (Å²) >= 11 is 0. The second-order valence-electron chi connectivity index (χ2n) is 3.67. The number of benzene rings is 1. The van der Waals surface area contributed by atoms with E-state index in [1.165, 1.54) is 0 Å². The maximum atomic E-state index is 11.5. The molecule has 0 amide bonds. The molecule has 0 spiro atoms. The van der Waals surface area contributed by atoms with E-state index in [4.69, 9.17) is 14.4 Å². The second kappa shape index (κ2) is 4.76. The molecule has 0 aliphatic heterocycles. The standard InChI is InChI=1S/C14H11NO3/c1-3-17-14(16)9(2)13-7-11-6-10(8-15)4-5-12(11)18-13/h4-7H,2-3H2,1H3. The van der Waals surface area contributed by atoms with Crippen LogP contribution >= 0.6 is 0 Å². The lowest BCUT2D eigenvalue weighted by Crippen LogP contribution is -2.04. The number of nitriles is 1. The van der Waals surface area contributed by atoms with Crippen molar-refractivity contribution in [1.29, 1.82) is 5.26 Å². The van der Waals surface area contributed by atoms with Crippen molar-refractivity contribution in [3.63, 3.8) is 0 Å². The summed E-state index contributed by atoms with van der Waals surface area (Å²) in [6, 6.07) is 8.76. The van der Waals surface area contributed by atoms with E-state index >= 15 is 0 Å². The molecule has 0 aliphatic carbocycles. The number of hydrogen-bond donors (Lipinski definition) is 0. The third kappa shape index (κ3) is 2.11. The van der Waals surface area contributed by atoms with Crippen LogP contribution in [0.25, 0.3) is 16.5 Å². The highest BCUT2D eigenvalue weighted by atomic mass is 16.5. The minimum Gasteiger partial charge on any atom is -0.462 e. The van der Waals surface area contributed by atoms with Crippen LogP contribution in [0.5, 0.6) is 0 Å². The minimum atomic E-state index is -0.503. The largest absolute Gasteiger partial charge is 0.462 e. The molecule has 0 fully saturated rings. The Bertz CT molecular complexity index is 661. The number of rotatable bonds is 3. The highest BCUT2D eigenvalue weighted by Gasteiger charge is 2.15. The molecule has 4 heteroatoms. The first-order valence-corrected chi connectivity index (χ1v) is 5.45. The van der Waals surface area contributed by atoms with E-state index in [0.29, 0.717) is 16.9 Å². The fourth-order valence-corrected chi connectivity index (χ4v) is 1.58. The third-order valence-electron chi connectivity index (χ3n) is 2.46. The summed E-state index contributed by atoms with van der Waals surface area (Å²) in [6.07, 6.45) is 0. The topological polar surface area (TPSA) is 63.2 Å². The zero-order chi connectivity index (χ0) is 13.1. The first kappa shape index (κ1) is 11.9. The molecule has 1 aromatic heterocycles. The summed E-state index contributed by atoms with van der Waals surface area (Å²) in [4.78, 5) is 11.5. The first-order chi connectivity index (χ1) is 8.65. The molecule has 0 saturated carbocycles. The van der Waals surface area contributed by atoms with Crippen molar-refractivity contribution >= 4 is 22.5 Å². The molecule has 1 aromatic carbocycles. The third-order valence-corrected chi connectivity index (χ3v) is 2.46. The quantitative estimate of drug-likeness (QED) is 0.612. The molecule has 0 atom stereocenters. The molecule has 4 nitrogen and oxygen atoms in total. The van der Waals surface area contributed by atoms with E-state index in [0.717, 1.165) is 5.39 Å². The predicted molar refractivity (Wildman–Crippen MR) is 66.6 cm³/mol. The Morgan fingerprint density at radius 2 is 2.28 bits per heavy atom. The van der Waals surface area contributed by atoms with Gasteiger partial charge in [-0.1, -0.05) is 6.58 Å². The summed E-state index contributed by atoms with van der Waals surface area (Å²) in [5.41, 5.74) is 1.32. The van der Waals surface area contributed by atoms with Crippen LogP contribution < -0.4 is 0 Å². The van der Waals surface area contributed by atoms with Crippen LogP contribution in [0.4, 0.5) is 0 Å². The zero-order valence-electron chi connectivity index (χ0n) is 9.90. The van der Waals surface area contributed by atoms with Crippen molar-refractivity contribution in [2.45, 2.75) is 6.92 Å². The van der Waals surface area contributed by atoms with Gasteiger partial charge in [-0.05, 0) is 31.2 Å². The van der Waals surface area contributed by atoms with E-state index in [-0.39, 0.29) is 12.2 Å². The van der Waals surface area contributed by atoms with Gasteiger partial charge >= 0.3 is 5.97 Å². The molecule has 0 unspecified atom stereocenters. The summed E-state index contributed by atoms with van der Waals surface area (Å²) in [5, 5.41) is 9.56. The molecule has 0 bridgehead atoms. The Labute approximate surface area is 104 Å². The number of esters is 1. The van der Waals surface area contributed by atoms with E-state index in [9.17, 15) is 4.79 Å².